The Kier molecular flexibility index (Phi) is 3.03. The number of rotatable bonds is 4. The molecule has 1 unspecified atom stereocenters. The summed E-state index contributed by atoms with van der Waals surface area (Å²) in [6.07, 6.45) is 2.47. The molecule has 1 atom stereocenters. The molecular weight excluding hydrogens is 191 g/mol. The first-order valence-corrected chi connectivity index (χ1v) is 5.43. The highest BCUT2D eigenvalue weighted by Crippen LogP contribution is 2.25. The number of benzene rings is 1. The van der Waals surface area contributed by atoms with Crippen molar-refractivity contribution in [3.8, 4) is 0 Å². The molecule has 0 heterocycles. The quantitative estimate of drug-likeness (QED) is 0.793. The third kappa shape index (κ3) is 2.55. The zero-order valence-corrected chi connectivity index (χ0v) is 8.96. The summed E-state index contributed by atoms with van der Waals surface area (Å²) in [6, 6.07) is 5.67. The van der Waals surface area contributed by atoms with Crippen LogP contribution in [0.2, 0.25) is 0 Å². The highest BCUT2D eigenvalue weighted by molar-refractivity contribution is 5.30. The molecule has 3 N–H and O–H groups in total. The highest BCUT2D eigenvalue weighted by atomic mass is 19.1. The SMILES string of the molecule is Cc1cc(F)ccc1C(CN)NC1CC1. The minimum atomic E-state index is -0.182. The summed E-state index contributed by atoms with van der Waals surface area (Å²) in [5.41, 5.74) is 7.82. The fraction of sp³-hybridized carbons (Fsp3) is 0.500. The molecule has 0 bridgehead atoms. The van der Waals surface area contributed by atoms with E-state index in [1.165, 1.54) is 18.9 Å². The lowest BCUT2D eigenvalue weighted by molar-refractivity contribution is 0.534. The van der Waals surface area contributed by atoms with Crippen molar-refractivity contribution in [2.24, 2.45) is 5.73 Å². The van der Waals surface area contributed by atoms with Gasteiger partial charge in [0.15, 0.2) is 0 Å². The van der Waals surface area contributed by atoms with Gasteiger partial charge in [-0.15, -0.1) is 0 Å². The van der Waals surface area contributed by atoms with E-state index < -0.39 is 0 Å². The molecule has 0 aliphatic heterocycles. The van der Waals surface area contributed by atoms with Crippen molar-refractivity contribution in [2.75, 3.05) is 6.54 Å². The predicted octanol–water partition coefficient (Wildman–Crippen LogP) is 1.89. The first kappa shape index (κ1) is 10.6. The fourth-order valence-corrected chi connectivity index (χ4v) is 1.85. The van der Waals surface area contributed by atoms with Crippen LogP contribution in [-0.4, -0.2) is 12.6 Å². The van der Waals surface area contributed by atoms with Gasteiger partial charge in [0.05, 0.1) is 0 Å². The molecule has 1 aromatic rings. The second-order valence-electron chi connectivity index (χ2n) is 4.23. The largest absolute Gasteiger partial charge is 0.329 e. The molecule has 0 spiro atoms. The zero-order valence-electron chi connectivity index (χ0n) is 8.96. The number of halogens is 1. The summed E-state index contributed by atoms with van der Waals surface area (Å²) >= 11 is 0. The topological polar surface area (TPSA) is 38.0 Å². The molecule has 0 radical (unpaired) electrons. The van der Waals surface area contributed by atoms with Crippen LogP contribution < -0.4 is 11.1 Å². The highest BCUT2D eigenvalue weighted by Gasteiger charge is 2.25. The van der Waals surface area contributed by atoms with Gasteiger partial charge in [0, 0.05) is 18.6 Å². The average molecular weight is 208 g/mol. The van der Waals surface area contributed by atoms with E-state index in [4.69, 9.17) is 5.73 Å². The third-order valence-electron chi connectivity index (χ3n) is 2.86. The van der Waals surface area contributed by atoms with E-state index in [1.807, 2.05) is 13.0 Å². The van der Waals surface area contributed by atoms with Crippen LogP contribution in [0.3, 0.4) is 0 Å². The number of nitrogens with two attached hydrogens (primary N) is 1. The molecule has 82 valence electrons. The van der Waals surface area contributed by atoms with Gasteiger partial charge >= 0.3 is 0 Å². The Morgan fingerprint density at radius 2 is 2.27 bits per heavy atom. The lowest BCUT2D eigenvalue weighted by atomic mass is 10.0. The molecule has 15 heavy (non-hydrogen) atoms. The van der Waals surface area contributed by atoms with Crippen molar-refractivity contribution in [3.63, 3.8) is 0 Å². The van der Waals surface area contributed by atoms with E-state index in [0.717, 1.165) is 11.1 Å². The number of nitrogens with one attached hydrogen (secondary N) is 1. The van der Waals surface area contributed by atoms with Gasteiger partial charge in [-0.05, 0) is 43.0 Å². The Morgan fingerprint density at radius 1 is 1.53 bits per heavy atom. The zero-order chi connectivity index (χ0) is 10.8. The monoisotopic (exact) mass is 208 g/mol. The van der Waals surface area contributed by atoms with Gasteiger partial charge in [-0.3, -0.25) is 0 Å². The summed E-state index contributed by atoms with van der Waals surface area (Å²) in [6.45, 7) is 2.48. The van der Waals surface area contributed by atoms with E-state index in [0.29, 0.717) is 12.6 Å². The summed E-state index contributed by atoms with van der Waals surface area (Å²) in [5.74, 6) is -0.182. The van der Waals surface area contributed by atoms with Gasteiger partial charge in [0.2, 0.25) is 0 Å². The summed E-state index contributed by atoms with van der Waals surface area (Å²) in [5, 5.41) is 3.47. The van der Waals surface area contributed by atoms with Crippen LogP contribution in [0.5, 0.6) is 0 Å². The Morgan fingerprint density at radius 3 is 2.80 bits per heavy atom. The lowest BCUT2D eigenvalue weighted by Crippen LogP contribution is -2.30. The van der Waals surface area contributed by atoms with Gasteiger partial charge < -0.3 is 11.1 Å². The first-order chi connectivity index (χ1) is 7.20. The molecule has 0 aromatic heterocycles. The van der Waals surface area contributed by atoms with E-state index in [1.54, 1.807) is 6.07 Å². The van der Waals surface area contributed by atoms with Crippen LogP contribution in [0.1, 0.15) is 30.0 Å². The van der Waals surface area contributed by atoms with Crippen LogP contribution in [0.4, 0.5) is 4.39 Å². The van der Waals surface area contributed by atoms with Gasteiger partial charge in [-0.25, -0.2) is 4.39 Å². The molecule has 2 nitrogen and oxygen atoms in total. The molecular formula is C12H17FN2. The summed E-state index contributed by atoms with van der Waals surface area (Å²) < 4.78 is 12.9. The van der Waals surface area contributed by atoms with E-state index in [2.05, 4.69) is 5.32 Å². The normalized spacial score (nSPS) is 17.8. The minimum absolute atomic E-state index is 0.165. The second kappa shape index (κ2) is 4.29. The molecule has 0 amide bonds. The van der Waals surface area contributed by atoms with Gasteiger partial charge in [0.25, 0.3) is 0 Å². The molecule has 2 rings (SSSR count). The smallest absolute Gasteiger partial charge is 0.123 e. The van der Waals surface area contributed by atoms with Crippen LogP contribution in [-0.2, 0) is 0 Å². The third-order valence-corrected chi connectivity index (χ3v) is 2.86. The number of hydrogen-bond acceptors (Lipinski definition) is 2. The standard InChI is InChI=1S/C12H17FN2/c1-8-6-9(13)2-5-11(8)12(7-14)15-10-3-4-10/h2,5-6,10,12,15H,3-4,7,14H2,1H3. The van der Waals surface area contributed by atoms with Crippen molar-refractivity contribution < 1.29 is 4.39 Å². The van der Waals surface area contributed by atoms with Gasteiger partial charge in [0.1, 0.15) is 5.82 Å². The van der Waals surface area contributed by atoms with Crippen molar-refractivity contribution >= 4 is 0 Å². The maximum Gasteiger partial charge on any atom is 0.123 e. The first-order valence-electron chi connectivity index (χ1n) is 5.43. The predicted molar refractivity (Wildman–Crippen MR) is 59.1 cm³/mol. The van der Waals surface area contributed by atoms with Crippen molar-refractivity contribution in [3.05, 3.63) is 35.1 Å². The van der Waals surface area contributed by atoms with Gasteiger partial charge in [-0.2, -0.15) is 0 Å². The lowest BCUT2D eigenvalue weighted by Gasteiger charge is -2.19. The Labute approximate surface area is 89.7 Å². The van der Waals surface area contributed by atoms with Crippen molar-refractivity contribution in [2.45, 2.75) is 31.8 Å². The average Bonchev–Trinajstić information content (AvgIpc) is 2.99. The Bertz CT molecular complexity index is 347. The van der Waals surface area contributed by atoms with E-state index >= 15 is 0 Å². The molecule has 1 aliphatic rings. The molecule has 1 aromatic carbocycles. The molecule has 1 fully saturated rings. The van der Waals surface area contributed by atoms with E-state index in [9.17, 15) is 4.39 Å². The van der Waals surface area contributed by atoms with Crippen molar-refractivity contribution in [1.82, 2.24) is 5.32 Å². The molecule has 3 heteroatoms. The Balaban J connectivity index is 2.16. The number of hydrogen-bond donors (Lipinski definition) is 2. The van der Waals surface area contributed by atoms with Gasteiger partial charge in [-0.1, -0.05) is 6.07 Å². The molecule has 0 saturated heterocycles. The molecule has 1 saturated carbocycles. The van der Waals surface area contributed by atoms with E-state index in [-0.39, 0.29) is 11.9 Å². The second-order valence-corrected chi connectivity index (χ2v) is 4.23. The maximum atomic E-state index is 12.9. The number of aryl methyl sites for hydroxylation is 1. The van der Waals surface area contributed by atoms with Crippen LogP contribution in [0.25, 0.3) is 0 Å². The summed E-state index contributed by atoms with van der Waals surface area (Å²) in [7, 11) is 0. The van der Waals surface area contributed by atoms with Crippen LogP contribution in [0.15, 0.2) is 18.2 Å². The fourth-order valence-electron chi connectivity index (χ4n) is 1.85. The Hall–Kier alpha value is -0.930. The van der Waals surface area contributed by atoms with Crippen LogP contribution >= 0.6 is 0 Å². The minimum Gasteiger partial charge on any atom is -0.329 e. The summed E-state index contributed by atoms with van der Waals surface area (Å²) in [4.78, 5) is 0. The van der Waals surface area contributed by atoms with Crippen LogP contribution in [0, 0.1) is 12.7 Å². The molecule has 1 aliphatic carbocycles. The van der Waals surface area contributed by atoms with Crippen molar-refractivity contribution in [1.29, 1.82) is 0 Å². The maximum absolute atomic E-state index is 12.9.